The van der Waals surface area contributed by atoms with Gasteiger partial charge in [0.2, 0.25) is 0 Å². The van der Waals surface area contributed by atoms with E-state index in [1.807, 2.05) is 18.4 Å². The molecule has 1 aromatic carbocycles. The van der Waals surface area contributed by atoms with E-state index in [9.17, 15) is 4.39 Å². The molecule has 0 aliphatic carbocycles. The number of hydrogen-bond acceptors (Lipinski definition) is 2. The van der Waals surface area contributed by atoms with E-state index in [0.717, 1.165) is 10.3 Å². The number of ether oxygens (including phenoxy) is 1. The SMILES string of the molecule is COc1csc2cc(C)cc(F)c12. The molecule has 68 valence electrons. The second-order valence-corrected chi connectivity index (χ2v) is 3.84. The number of aryl methyl sites for hydroxylation is 1. The minimum absolute atomic E-state index is 0.201. The number of rotatable bonds is 1. The van der Waals surface area contributed by atoms with Crippen molar-refractivity contribution in [2.24, 2.45) is 0 Å². The molecule has 0 spiro atoms. The Labute approximate surface area is 79.8 Å². The molecular weight excluding hydrogens is 187 g/mol. The van der Waals surface area contributed by atoms with Crippen LogP contribution >= 0.6 is 11.3 Å². The van der Waals surface area contributed by atoms with Crippen LogP contribution in [0.4, 0.5) is 4.39 Å². The maximum absolute atomic E-state index is 13.5. The summed E-state index contributed by atoms with van der Waals surface area (Å²) in [5.74, 6) is 0.422. The minimum atomic E-state index is -0.201. The first kappa shape index (κ1) is 8.51. The van der Waals surface area contributed by atoms with Crippen molar-refractivity contribution >= 4 is 21.4 Å². The van der Waals surface area contributed by atoms with Gasteiger partial charge in [0.25, 0.3) is 0 Å². The monoisotopic (exact) mass is 196 g/mol. The van der Waals surface area contributed by atoms with Crippen LogP contribution in [0.5, 0.6) is 5.75 Å². The molecule has 0 aliphatic heterocycles. The third kappa shape index (κ3) is 1.29. The summed E-state index contributed by atoms with van der Waals surface area (Å²) < 4.78 is 19.5. The molecule has 1 aromatic heterocycles. The Kier molecular flexibility index (Phi) is 1.96. The lowest BCUT2D eigenvalue weighted by Gasteiger charge is -1.99. The highest BCUT2D eigenvalue weighted by Gasteiger charge is 2.09. The Hall–Kier alpha value is -1.09. The lowest BCUT2D eigenvalue weighted by molar-refractivity contribution is 0.419. The van der Waals surface area contributed by atoms with Gasteiger partial charge in [-0.25, -0.2) is 4.39 Å². The summed E-state index contributed by atoms with van der Waals surface area (Å²) in [7, 11) is 1.56. The van der Waals surface area contributed by atoms with Gasteiger partial charge in [0.1, 0.15) is 11.6 Å². The van der Waals surface area contributed by atoms with Gasteiger partial charge in [-0.15, -0.1) is 11.3 Å². The fourth-order valence-corrected chi connectivity index (χ4v) is 2.39. The molecule has 13 heavy (non-hydrogen) atoms. The van der Waals surface area contributed by atoms with Crippen LogP contribution in [0.15, 0.2) is 17.5 Å². The van der Waals surface area contributed by atoms with Gasteiger partial charge in [-0.2, -0.15) is 0 Å². The van der Waals surface area contributed by atoms with Gasteiger partial charge in [0.05, 0.1) is 12.5 Å². The highest BCUT2D eigenvalue weighted by molar-refractivity contribution is 7.17. The third-order valence-electron chi connectivity index (χ3n) is 1.96. The van der Waals surface area contributed by atoms with Crippen molar-refractivity contribution < 1.29 is 9.13 Å². The molecule has 0 N–H and O–H groups in total. The smallest absolute Gasteiger partial charge is 0.140 e. The zero-order chi connectivity index (χ0) is 9.42. The van der Waals surface area contributed by atoms with Gasteiger partial charge >= 0.3 is 0 Å². The fourth-order valence-electron chi connectivity index (χ4n) is 1.37. The van der Waals surface area contributed by atoms with E-state index >= 15 is 0 Å². The lowest BCUT2D eigenvalue weighted by Crippen LogP contribution is -1.83. The van der Waals surface area contributed by atoms with E-state index in [-0.39, 0.29) is 5.82 Å². The van der Waals surface area contributed by atoms with Crippen LogP contribution in [0.25, 0.3) is 10.1 Å². The predicted octanol–water partition coefficient (Wildman–Crippen LogP) is 3.36. The molecule has 0 radical (unpaired) electrons. The Bertz CT molecular complexity index is 447. The average molecular weight is 196 g/mol. The Morgan fingerprint density at radius 2 is 2.15 bits per heavy atom. The van der Waals surface area contributed by atoms with Crippen molar-refractivity contribution in [1.82, 2.24) is 0 Å². The minimum Gasteiger partial charge on any atom is -0.495 e. The van der Waals surface area contributed by atoms with Crippen LogP contribution in [-0.4, -0.2) is 7.11 Å². The molecule has 0 fully saturated rings. The number of benzene rings is 1. The van der Waals surface area contributed by atoms with E-state index in [4.69, 9.17) is 4.74 Å². The summed E-state index contributed by atoms with van der Waals surface area (Å²) >= 11 is 1.50. The number of methoxy groups -OCH3 is 1. The van der Waals surface area contributed by atoms with Gasteiger partial charge in [0.15, 0.2) is 0 Å². The van der Waals surface area contributed by atoms with Crippen LogP contribution in [-0.2, 0) is 0 Å². The van der Waals surface area contributed by atoms with E-state index in [2.05, 4.69) is 0 Å². The fraction of sp³-hybridized carbons (Fsp3) is 0.200. The summed E-state index contributed by atoms with van der Waals surface area (Å²) in [6, 6.07) is 3.49. The number of fused-ring (bicyclic) bond motifs is 1. The normalized spacial score (nSPS) is 10.7. The molecule has 0 saturated carbocycles. The molecule has 0 unspecified atom stereocenters. The first-order valence-corrected chi connectivity index (χ1v) is 4.81. The number of halogens is 1. The maximum Gasteiger partial charge on any atom is 0.140 e. The highest BCUT2D eigenvalue weighted by Crippen LogP contribution is 2.34. The zero-order valence-electron chi connectivity index (χ0n) is 7.43. The van der Waals surface area contributed by atoms with Crippen molar-refractivity contribution in [2.75, 3.05) is 7.11 Å². The van der Waals surface area contributed by atoms with Crippen LogP contribution in [0, 0.1) is 12.7 Å². The Balaban J connectivity index is 2.82. The molecular formula is C10H9FOS. The topological polar surface area (TPSA) is 9.23 Å². The maximum atomic E-state index is 13.5. The first-order chi connectivity index (χ1) is 6.22. The van der Waals surface area contributed by atoms with Crippen LogP contribution in [0.1, 0.15) is 5.56 Å². The first-order valence-electron chi connectivity index (χ1n) is 3.93. The van der Waals surface area contributed by atoms with E-state index in [1.165, 1.54) is 17.4 Å². The molecule has 2 rings (SSSR count). The molecule has 0 aliphatic rings. The number of hydrogen-bond donors (Lipinski definition) is 0. The van der Waals surface area contributed by atoms with Crippen molar-refractivity contribution in [1.29, 1.82) is 0 Å². The van der Waals surface area contributed by atoms with Crippen molar-refractivity contribution in [3.8, 4) is 5.75 Å². The quantitative estimate of drug-likeness (QED) is 0.679. The second-order valence-electron chi connectivity index (χ2n) is 2.92. The van der Waals surface area contributed by atoms with Crippen LogP contribution < -0.4 is 4.74 Å². The predicted molar refractivity (Wildman–Crippen MR) is 53.1 cm³/mol. The van der Waals surface area contributed by atoms with E-state index in [1.54, 1.807) is 7.11 Å². The molecule has 1 heterocycles. The van der Waals surface area contributed by atoms with Crippen molar-refractivity contribution in [3.05, 3.63) is 28.9 Å². The summed E-state index contributed by atoms with van der Waals surface area (Å²) in [6.07, 6.45) is 0. The van der Waals surface area contributed by atoms with E-state index < -0.39 is 0 Å². The van der Waals surface area contributed by atoms with Gasteiger partial charge in [0, 0.05) is 10.1 Å². The molecule has 0 bridgehead atoms. The summed E-state index contributed by atoms with van der Waals surface area (Å²) in [5, 5.41) is 2.42. The van der Waals surface area contributed by atoms with Crippen LogP contribution in [0.3, 0.4) is 0 Å². The van der Waals surface area contributed by atoms with Gasteiger partial charge in [-0.3, -0.25) is 0 Å². The largest absolute Gasteiger partial charge is 0.495 e. The molecule has 1 nitrogen and oxygen atoms in total. The molecule has 3 heteroatoms. The molecule has 2 aromatic rings. The average Bonchev–Trinajstić information content (AvgIpc) is 2.47. The van der Waals surface area contributed by atoms with Crippen molar-refractivity contribution in [2.45, 2.75) is 6.92 Å². The highest BCUT2D eigenvalue weighted by atomic mass is 32.1. The summed E-state index contributed by atoms with van der Waals surface area (Å²) in [4.78, 5) is 0. The Morgan fingerprint density at radius 1 is 1.38 bits per heavy atom. The van der Waals surface area contributed by atoms with Gasteiger partial charge < -0.3 is 4.74 Å². The standard InChI is InChI=1S/C10H9FOS/c1-6-3-7(11)10-8(12-2)5-13-9(10)4-6/h3-5H,1-2H3. The van der Waals surface area contributed by atoms with Crippen molar-refractivity contribution in [3.63, 3.8) is 0 Å². The van der Waals surface area contributed by atoms with Gasteiger partial charge in [-0.05, 0) is 24.6 Å². The van der Waals surface area contributed by atoms with E-state index in [0.29, 0.717) is 11.1 Å². The molecule has 0 saturated heterocycles. The van der Waals surface area contributed by atoms with Gasteiger partial charge in [-0.1, -0.05) is 0 Å². The zero-order valence-corrected chi connectivity index (χ0v) is 8.24. The summed E-state index contributed by atoms with van der Waals surface area (Å²) in [6.45, 7) is 1.88. The number of thiophene rings is 1. The second kappa shape index (κ2) is 3.00. The summed E-state index contributed by atoms with van der Waals surface area (Å²) in [5.41, 5.74) is 0.939. The molecule has 0 amide bonds. The molecule has 0 atom stereocenters. The third-order valence-corrected chi connectivity index (χ3v) is 2.87. The lowest BCUT2D eigenvalue weighted by atomic mass is 10.2. The van der Waals surface area contributed by atoms with Crippen LogP contribution in [0.2, 0.25) is 0 Å². The Morgan fingerprint density at radius 3 is 2.85 bits per heavy atom.